The quantitative estimate of drug-likeness (QED) is 0.851. The SMILES string of the molecule is ClCC1CCCCC1Nc1noc2ccccc12. The second kappa shape index (κ2) is 5.19. The van der Waals surface area contributed by atoms with E-state index in [1.807, 2.05) is 24.3 Å². The van der Waals surface area contributed by atoms with Crippen LogP contribution >= 0.6 is 11.6 Å². The molecule has 3 rings (SSSR count). The van der Waals surface area contributed by atoms with E-state index in [9.17, 15) is 0 Å². The van der Waals surface area contributed by atoms with Gasteiger partial charge in [0.15, 0.2) is 11.4 Å². The summed E-state index contributed by atoms with van der Waals surface area (Å²) in [6, 6.07) is 8.36. The van der Waals surface area contributed by atoms with Crippen molar-refractivity contribution in [3.63, 3.8) is 0 Å². The van der Waals surface area contributed by atoms with Gasteiger partial charge in [-0.15, -0.1) is 11.6 Å². The Bertz CT molecular complexity index is 525. The van der Waals surface area contributed by atoms with Gasteiger partial charge in [0.25, 0.3) is 0 Å². The zero-order valence-electron chi connectivity index (χ0n) is 10.2. The van der Waals surface area contributed by atoms with Gasteiger partial charge in [0, 0.05) is 11.9 Å². The highest BCUT2D eigenvalue weighted by molar-refractivity contribution is 6.18. The number of anilines is 1. The van der Waals surface area contributed by atoms with Gasteiger partial charge in [-0.1, -0.05) is 30.1 Å². The lowest BCUT2D eigenvalue weighted by Crippen LogP contribution is -2.33. The maximum absolute atomic E-state index is 6.05. The normalized spacial score (nSPS) is 24.3. The van der Waals surface area contributed by atoms with Crippen LogP contribution in [0, 0.1) is 5.92 Å². The van der Waals surface area contributed by atoms with Gasteiger partial charge >= 0.3 is 0 Å². The molecular weight excluding hydrogens is 248 g/mol. The molecule has 2 atom stereocenters. The number of alkyl halides is 1. The van der Waals surface area contributed by atoms with Crippen molar-refractivity contribution in [3.05, 3.63) is 24.3 Å². The first-order valence-corrected chi connectivity index (χ1v) is 7.09. The van der Waals surface area contributed by atoms with E-state index in [0.29, 0.717) is 17.8 Å². The van der Waals surface area contributed by atoms with E-state index in [1.165, 1.54) is 25.7 Å². The van der Waals surface area contributed by atoms with Crippen molar-refractivity contribution in [1.29, 1.82) is 0 Å². The smallest absolute Gasteiger partial charge is 0.177 e. The molecule has 1 N–H and O–H groups in total. The molecule has 1 fully saturated rings. The van der Waals surface area contributed by atoms with Crippen LogP contribution in [0.15, 0.2) is 28.8 Å². The van der Waals surface area contributed by atoms with Crippen molar-refractivity contribution in [2.75, 3.05) is 11.2 Å². The molecule has 4 heteroatoms. The van der Waals surface area contributed by atoms with Gasteiger partial charge in [-0.2, -0.15) is 0 Å². The first-order valence-electron chi connectivity index (χ1n) is 6.55. The number of nitrogens with one attached hydrogen (secondary N) is 1. The Hall–Kier alpha value is -1.22. The van der Waals surface area contributed by atoms with Crippen LogP contribution in [-0.4, -0.2) is 17.1 Å². The highest BCUT2D eigenvalue weighted by Crippen LogP contribution is 2.30. The van der Waals surface area contributed by atoms with Crippen molar-refractivity contribution in [3.8, 4) is 0 Å². The number of halogens is 1. The third-order valence-corrected chi connectivity index (χ3v) is 4.20. The van der Waals surface area contributed by atoms with Crippen LogP contribution in [0.4, 0.5) is 5.82 Å². The van der Waals surface area contributed by atoms with Gasteiger partial charge in [-0.3, -0.25) is 0 Å². The van der Waals surface area contributed by atoms with Crippen molar-refractivity contribution in [2.45, 2.75) is 31.7 Å². The van der Waals surface area contributed by atoms with E-state index in [1.54, 1.807) is 0 Å². The lowest BCUT2D eigenvalue weighted by Gasteiger charge is -2.30. The Kier molecular flexibility index (Phi) is 3.41. The second-order valence-corrected chi connectivity index (χ2v) is 5.29. The maximum atomic E-state index is 6.05. The van der Waals surface area contributed by atoms with Gasteiger partial charge in [0.1, 0.15) is 0 Å². The first kappa shape index (κ1) is 11.8. The van der Waals surface area contributed by atoms with Crippen molar-refractivity contribution >= 4 is 28.4 Å². The molecule has 0 amide bonds. The molecule has 0 radical (unpaired) electrons. The summed E-state index contributed by atoms with van der Waals surface area (Å²) >= 11 is 6.05. The van der Waals surface area contributed by atoms with E-state index in [-0.39, 0.29) is 0 Å². The van der Waals surface area contributed by atoms with Gasteiger partial charge in [0.2, 0.25) is 0 Å². The van der Waals surface area contributed by atoms with E-state index < -0.39 is 0 Å². The Morgan fingerprint density at radius 1 is 1.28 bits per heavy atom. The minimum Gasteiger partial charge on any atom is -0.364 e. The summed E-state index contributed by atoms with van der Waals surface area (Å²) in [6.45, 7) is 0. The molecule has 0 bridgehead atoms. The summed E-state index contributed by atoms with van der Waals surface area (Å²) in [6.07, 6.45) is 4.92. The summed E-state index contributed by atoms with van der Waals surface area (Å²) < 4.78 is 5.31. The Balaban J connectivity index is 1.82. The standard InChI is InChI=1S/C14H17ClN2O/c15-9-10-5-1-3-7-12(10)16-14-11-6-2-4-8-13(11)18-17-14/h2,4,6,8,10,12H,1,3,5,7,9H2,(H,16,17). The monoisotopic (exact) mass is 264 g/mol. The summed E-state index contributed by atoms with van der Waals surface area (Å²) in [5, 5.41) is 8.70. The number of aromatic nitrogens is 1. The second-order valence-electron chi connectivity index (χ2n) is 4.98. The minimum atomic E-state index is 0.421. The zero-order chi connectivity index (χ0) is 12.4. The van der Waals surface area contributed by atoms with Crippen LogP contribution in [0.2, 0.25) is 0 Å². The maximum Gasteiger partial charge on any atom is 0.177 e. The van der Waals surface area contributed by atoms with Gasteiger partial charge in [-0.05, 0) is 30.9 Å². The number of rotatable bonds is 3. The third-order valence-electron chi connectivity index (χ3n) is 3.81. The highest BCUT2D eigenvalue weighted by Gasteiger charge is 2.25. The largest absolute Gasteiger partial charge is 0.364 e. The zero-order valence-corrected chi connectivity index (χ0v) is 11.0. The summed E-state index contributed by atoms with van der Waals surface area (Å²) in [5.41, 5.74) is 0.832. The summed E-state index contributed by atoms with van der Waals surface area (Å²) in [5.74, 6) is 2.11. The number of nitrogens with zero attached hydrogens (tertiary/aromatic N) is 1. The molecule has 1 aliphatic rings. The van der Waals surface area contributed by atoms with Gasteiger partial charge in [-0.25, -0.2) is 0 Å². The molecule has 0 spiro atoms. The van der Waals surface area contributed by atoms with E-state index in [4.69, 9.17) is 16.1 Å². The van der Waals surface area contributed by atoms with Crippen LogP contribution in [0.1, 0.15) is 25.7 Å². The first-order chi connectivity index (χ1) is 8.88. The van der Waals surface area contributed by atoms with Crippen LogP contribution in [0.5, 0.6) is 0 Å². The summed E-state index contributed by atoms with van der Waals surface area (Å²) in [7, 11) is 0. The molecule has 1 aromatic heterocycles. The van der Waals surface area contributed by atoms with Crippen LogP contribution in [0.25, 0.3) is 11.0 Å². The fourth-order valence-electron chi connectivity index (χ4n) is 2.75. The molecule has 2 aromatic rings. The molecule has 96 valence electrons. The molecule has 2 unspecified atom stereocenters. The molecule has 3 nitrogen and oxygen atoms in total. The number of fused-ring (bicyclic) bond motifs is 1. The Morgan fingerprint density at radius 2 is 2.11 bits per heavy atom. The average Bonchev–Trinajstić information content (AvgIpc) is 2.83. The van der Waals surface area contributed by atoms with Crippen LogP contribution in [0.3, 0.4) is 0 Å². The lowest BCUT2D eigenvalue weighted by atomic mass is 9.86. The third kappa shape index (κ3) is 2.19. The van der Waals surface area contributed by atoms with Gasteiger partial charge < -0.3 is 9.84 Å². The molecule has 1 heterocycles. The van der Waals surface area contributed by atoms with Crippen molar-refractivity contribution in [1.82, 2.24) is 5.16 Å². The Morgan fingerprint density at radius 3 is 3.00 bits per heavy atom. The Labute approximate surface area is 111 Å². The molecule has 0 saturated heterocycles. The molecular formula is C14H17ClN2O. The number of para-hydroxylation sites is 1. The molecule has 0 aliphatic heterocycles. The fraction of sp³-hybridized carbons (Fsp3) is 0.500. The molecule has 1 aromatic carbocycles. The van der Waals surface area contributed by atoms with Crippen LogP contribution in [-0.2, 0) is 0 Å². The van der Waals surface area contributed by atoms with E-state index in [2.05, 4.69) is 10.5 Å². The lowest BCUT2D eigenvalue weighted by molar-refractivity contribution is 0.350. The predicted octanol–water partition coefficient (Wildman–Crippen LogP) is 4.04. The fourth-order valence-corrected chi connectivity index (χ4v) is 3.12. The topological polar surface area (TPSA) is 38.1 Å². The molecule has 1 saturated carbocycles. The van der Waals surface area contributed by atoms with Crippen molar-refractivity contribution < 1.29 is 4.52 Å². The average molecular weight is 265 g/mol. The predicted molar refractivity (Wildman–Crippen MR) is 74.1 cm³/mol. The number of benzene rings is 1. The summed E-state index contributed by atoms with van der Waals surface area (Å²) in [4.78, 5) is 0. The minimum absolute atomic E-state index is 0.421. The van der Waals surface area contributed by atoms with E-state index >= 15 is 0 Å². The van der Waals surface area contributed by atoms with E-state index in [0.717, 1.165) is 16.8 Å². The number of hydrogen-bond acceptors (Lipinski definition) is 3. The van der Waals surface area contributed by atoms with Crippen molar-refractivity contribution in [2.24, 2.45) is 5.92 Å². The number of hydrogen-bond donors (Lipinski definition) is 1. The molecule has 18 heavy (non-hydrogen) atoms. The van der Waals surface area contributed by atoms with Gasteiger partial charge in [0.05, 0.1) is 5.39 Å². The van der Waals surface area contributed by atoms with Crippen LogP contribution < -0.4 is 5.32 Å². The highest BCUT2D eigenvalue weighted by atomic mass is 35.5. The molecule has 1 aliphatic carbocycles.